The summed E-state index contributed by atoms with van der Waals surface area (Å²) < 4.78 is 6.27. The van der Waals surface area contributed by atoms with Gasteiger partial charge in [-0.15, -0.1) is 0 Å². The van der Waals surface area contributed by atoms with E-state index in [0.717, 1.165) is 31.6 Å². The molecule has 0 atom stereocenters. The Kier molecular flexibility index (Phi) is 6.19. The molecule has 0 aromatic heterocycles. The van der Waals surface area contributed by atoms with E-state index in [1.54, 1.807) is 0 Å². The molecule has 0 radical (unpaired) electrons. The molecule has 2 aromatic carbocycles. The second-order valence-electron chi connectivity index (χ2n) is 7.50. The monoisotopic (exact) mass is 348 g/mol. The van der Waals surface area contributed by atoms with Gasteiger partial charge in [0, 0.05) is 0 Å². The van der Waals surface area contributed by atoms with Crippen LogP contribution in [-0.2, 0) is 12.8 Å². The molecule has 0 unspecified atom stereocenters. The third-order valence-corrected chi connectivity index (χ3v) is 5.81. The third-order valence-electron chi connectivity index (χ3n) is 5.81. The molecule has 0 amide bonds. The molecule has 26 heavy (non-hydrogen) atoms. The Hall–Kier alpha value is -2.02. The Bertz CT molecular complexity index is 781. The van der Waals surface area contributed by atoms with Gasteiger partial charge < -0.3 is 4.74 Å². The van der Waals surface area contributed by atoms with Gasteiger partial charge in [0.2, 0.25) is 0 Å². The maximum atomic E-state index is 6.27. The van der Waals surface area contributed by atoms with E-state index in [0.29, 0.717) is 0 Å². The number of hydrogen-bond donors (Lipinski definition) is 0. The fourth-order valence-electron chi connectivity index (χ4n) is 3.97. The minimum Gasteiger partial charge on any atom is -0.489 e. The summed E-state index contributed by atoms with van der Waals surface area (Å²) in [6.45, 7) is 9.58. The van der Waals surface area contributed by atoms with Crippen LogP contribution in [0.25, 0.3) is 5.57 Å². The van der Waals surface area contributed by atoms with Crippen molar-refractivity contribution in [1.82, 2.24) is 0 Å². The molecule has 1 heteroatoms. The van der Waals surface area contributed by atoms with Gasteiger partial charge in [0.05, 0.1) is 0 Å². The van der Waals surface area contributed by atoms with Crippen molar-refractivity contribution in [3.63, 3.8) is 0 Å². The lowest BCUT2D eigenvalue weighted by Gasteiger charge is -2.16. The first-order chi connectivity index (χ1) is 12.6. The van der Waals surface area contributed by atoms with Crippen LogP contribution in [0.5, 0.6) is 5.75 Å². The van der Waals surface area contributed by atoms with Gasteiger partial charge in [-0.1, -0.05) is 50.6 Å². The van der Waals surface area contributed by atoms with E-state index in [1.807, 2.05) is 0 Å². The van der Waals surface area contributed by atoms with Crippen molar-refractivity contribution in [2.45, 2.75) is 66.2 Å². The second-order valence-corrected chi connectivity index (χ2v) is 7.50. The molecule has 0 bridgehead atoms. The smallest absolute Gasteiger partial charge is 0.122 e. The zero-order valence-corrected chi connectivity index (χ0v) is 16.8. The van der Waals surface area contributed by atoms with Crippen molar-refractivity contribution in [3.8, 4) is 5.75 Å². The van der Waals surface area contributed by atoms with Gasteiger partial charge in [0.1, 0.15) is 12.4 Å². The van der Waals surface area contributed by atoms with Crippen LogP contribution in [0.3, 0.4) is 0 Å². The average Bonchev–Trinajstić information content (AvgIpc) is 3.13. The molecule has 0 saturated carbocycles. The normalized spacial score (nSPS) is 14.2. The SMILES string of the molecule is CCCc1ccc(OCC2=C(c3ccc(CC)cc3)CCC2)c(C)c1C. The first kappa shape index (κ1) is 18.8. The number of hydrogen-bond acceptors (Lipinski definition) is 1. The van der Waals surface area contributed by atoms with Gasteiger partial charge >= 0.3 is 0 Å². The second kappa shape index (κ2) is 8.58. The number of allylic oxidation sites excluding steroid dienone is 1. The summed E-state index contributed by atoms with van der Waals surface area (Å²) >= 11 is 0. The Labute approximate surface area is 159 Å². The topological polar surface area (TPSA) is 9.23 Å². The van der Waals surface area contributed by atoms with Crippen molar-refractivity contribution in [2.75, 3.05) is 6.61 Å². The van der Waals surface area contributed by atoms with Gasteiger partial charge in [-0.25, -0.2) is 0 Å². The Morgan fingerprint density at radius 2 is 1.65 bits per heavy atom. The quantitative estimate of drug-likeness (QED) is 0.532. The first-order valence-electron chi connectivity index (χ1n) is 10.2. The predicted octanol–water partition coefficient (Wildman–Crippen LogP) is 6.83. The maximum absolute atomic E-state index is 6.27. The highest BCUT2D eigenvalue weighted by Gasteiger charge is 2.17. The highest BCUT2D eigenvalue weighted by Crippen LogP contribution is 2.35. The van der Waals surface area contributed by atoms with Crippen LogP contribution in [0.15, 0.2) is 42.0 Å². The van der Waals surface area contributed by atoms with E-state index >= 15 is 0 Å². The van der Waals surface area contributed by atoms with Crippen LogP contribution in [0.4, 0.5) is 0 Å². The zero-order chi connectivity index (χ0) is 18.5. The molecule has 1 aliphatic carbocycles. The Morgan fingerprint density at radius 3 is 2.35 bits per heavy atom. The third kappa shape index (κ3) is 4.03. The zero-order valence-electron chi connectivity index (χ0n) is 16.8. The van der Waals surface area contributed by atoms with Gasteiger partial charge in [-0.2, -0.15) is 0 Å². The highest BCUT2D eigenvalue weighted by molar-refractivity contribution is 5.71. The summed E-state index contributed by atoms with van der Waals surface area (Å²) in [4.78, 5) is 0. The van der Waals surface area contributed by atoms with E-state index in [2.05, 4.69) is 64.1 Å². The molecule has 0 N–H and O–H groups in total. The Balaban J connectivity index is 1.76. The van der Waals surface area contributed by atoms with Crippen LogP contribution in [0.2, 0.25) is 0 Å². The number of aryl methyl sites for hydroxylation is 2. The van der Waals surface area contributed by atoms with E-state index in [1.165, 1.54) is 58.2 Å². The summed E-state index contributed by atoms with van der Waals surface area (Å²) in [7, 11) is 0. The molecule has 1 nitrogen and oxygen atoms in total. The van der Waals surface area contributed by atoms with E-state index in [9.17, 15) is 0 Å². The van der Waals surface area contributed by atoms with Crippen LogP contribution in [-0.4, -0.2) is 6.61 Å². The van der Waals surface area contributed by atoms with Crippen LogP contribution in [0, 0.1) is 13.8 Å². The standard InChI is InChI=1S/C25H32O/c1-5-8-21-15-16-25(19(4)18(21)3)26-17-23-9-7-10-24(23)22-13-11-20(6-2)12-14-22/h11-16H,5-10,17H2,1-4H3. The number of rotatable bonds is 7. The van der Waals surface area contributed by atoms with Crippen molar-refractivity contribution < 1.29 is 4.74 Å². The fraction of sp³-hybridized carbons (Fsp3) is 0.440. The summed E-state index contributed by atoms with van der Waals surface area (Å²) in [5.41, 5.74) is 9.90. The van der Waals surface area contributed by atoms with E-state index < -0.39 is 0 Å². The summed E-state index contributed by atoms with van der Waals surface area (Å²) in [5, 5.41) is 0. The molecule has 0 saturated heterocycles. The molecule has 0 fully saturated rings. The highest BCUT2D eigenvalue weighted by atomic mass is 16.5. The lowest BCUT2D eigenvalue weighted by Crippen LogP contribution is -2.04. The van der Waals surface area contributed by atoms with Gasteiger partial charge in [-0.05, 0) is 91.0 Å². The first-order valence-corrected chi connectivity index (χ1v) is 10.2. The molecule has 0 aliphatic heterocycles. The van der Waals surface area contributed by atoms with Crippen molar-refractivity contribution in [2.24, 2.45) is 0 Å². The van der Waals surface area contributed by atoms with Gasteiger partial charge in [-0.3, -0.25) is 0 Å². The number of benzene rings is 2. The molecular weight excluding hydrogens is 316 g/mol. The minimum atomic E-state index is 0.721. The molecule has 138 valence electrons. The summed E-state index contributed by atoms with van der Waals surface area (Å²) in [6.07, 6.45) is 7.02. The Morgan fingerprint density at radius 1 is 0.885 bits per heavy atom. The molecule has 0 heterocycles. The summed E-state index contributed by atoms with van der Waals surface area (Å²) in [6, 6.07) is 13.5. The van der Waals surface area contributed by atoms with E-state index in [4.69, 9.17) is 4.74 Å². The van der Waals surface area contributed by atoms with Crippen molar-refractivity contribution in [3.05, 3.63) is 69.8 Å². The van der Waals surface area contributed by atoms with Gasteiger partial charge in [0.25, 0.3) is 0 Å². The molecule has 2 aromatic rings. The van der Waals surface area contributed by atoms with Crippen molar-refractivity contribution >= 4 is 5.57 Å². The van der Waals surface area contributed by atoms with Crippen LogP contribution < -0.4 is 4.74 Å². The number of ether oxygens (including phenoxy) is 1. The van der Waals surface area contributed by atoms with E-state index in [-0.39, 0.29) is 0 Å². The summed E-state index contributed by atoms with van der Waals surface area (Å²) in [5.74, 6) is 1.04. The van der Waals surface area contributed by atoms with Crippen LogP contribution in [0.1, 0.15) is 67.3 Å². The molecule has 1 aliphatic rings. The predicted molar refractivity (Wildman–Crippen MR) is 112 cm³/mol. The van der Waals surface area contributed by atoms with Gasteiger partial charge in [0.15, 0.2) is 0 Å². The van der Waals surface area contributed by atoms with Crippen LogP contribution >= 0.6 is 0 Å². The average molecular weight is 349 g/mol. The lowest BCUT2D eigenvalue weighted by atomic mass is 9.99. The fourth-order valence-corrected chi connectivity index (χ4v) is 3.97. The molecular formula is C25H32O. The maximum Gasteiger partial charge on any atom is 0.122 e. The largest absolute Gasteiger partial charge is 0.489 e. The lowest BCUT2D eigenvalue weighted by molar-refractivity contribution is 0.346. The molecule has 3 rings (SSSR count). The minimum absolute atomic E-state index is 0.721. The molecule has 0 spiro atoms. The van der Waals surface area contributed by atoms with Crippen molar-refractivity contribution in [1.29, 1.82) is 0 Å².